The summed E-state index contributed by atoms with van der Waals surface area (Å²) >= 11 is 3.67. The van der Waals surface area contributed by atoms with Crippen molar-refractivity contribution in [1.29, 1.82) is 0 Å². The molecule has 1 aromatic rings. The van der Waals surface area contributed by atoms with Crippen molar-refractivity contribution < 1.29 is 4.74 Å². The third-order valence-corrected chi connectivity index (χ3v) is 5.91. The lowest BCUT2D eigenvalue weighted by Crippen LogP contribution is -2.50. The van der Waals surface area contributed by atoms with Crippen LogP contribution in [0.5, 0.6) is 0 Å². The van der Waals surface area contributed by atoms with E-state index in [1.54, 1.807) is 0 Å². The molecule has 3 rings (SSSR count). The first-order chi connectivity index (χ1) is 9.72. The fourth-order valence-electron chi connectivity index (χ4n) is 3.73. The maximum Gasteiger partial charge on any atom is 0.0685 e. The summed E-state index contributed by atoms with van der Waals surface area (Å²) in [5, 5.41) is 3.56. The molecule has 1 N–H and O–H groups in total. The van der Waals surface area contributed by atoms with Crippen molar-refractivity contribution in [2.24, 2.45) is 5.92 Å². The molecule has 0 aromatic heterocycles. The third kappa shape index (κ3) is 2.95. The zero-order valence-electron chi connectivity index (χ0n) is 12.2. The molecule has 0 bridgehead atoms. The molecule has 1 spiro atoms. The zero-order valence-corrected chi connectivity index (χ0v) is 13.8. The summed E-state index contributed by atoms with van der Waals surface area (Å²) in [6.45, 7) is 0.943. The van der Waals surface area contributed by atoms with Gasteiger partial charge in [-0.2, -0.15) is 0 Å². The Hall–Kier alpha value is -0.380. The van der Waals surface area contributed by atoms with E-state index in [2.05, 4.69) is 52.6 Å². The zero-order chi connectivity index (χ0) is 14.0. The number of hydrogen-bond donors (Lipinski definition) is 1. The number of halogens is 1. The van der Waals surface area contributed by atoms with E-state index >= 15 is 0 Å². The van der Waals surface area contributed by atoms with Gasteiger partial charge in [-0.1, -0.05) is 34.1 Å². The topological polar surface area (TPSA) is 21.3 Å². The first kappa shape index (κ1) is 14.6. The fraction of sp³-hybridized carbons (Fsp3) is 0.647. The average molecular weight is 338 g/mol. The van der Waals surface area contributed by atoms with Gasteiger partial charge in [-0.05, 0) is 63.1 Å². The van der Waals surface area contributed by atoms with E-state index in [4.69, 9.17) is 4.74 Å². The summed E-state index contributed by atoms with van der Waals surface area (Å²) in [6, 6.07) is 9.13. The van der Waals surface area contributed by atoms with Gasteiger partial charge in [-0.25, -0.2) is 0 Å². The normalized spacial score (nSPS) is 26.2. The molecule has 2 fully saturated rings. The van der Waals surface area contributed by atoms with E-state index in [1.807, 2.05) is 0 Å². The third-order valence-electron chi connectivity index (χ3n) is 5.13. The Balaban J connectivity index is 1.68. The molecule has 1 saturated carbocycles. The molecule has 1 heterocycles. The highest BCUT2D eigenvalue weighted by Crippen LogP contribution is 2.45. The molecule has 20 heavy (non-hydrogen) atoms. The molecular weight excluding hydrogens is 314 g/mol. The summed E-state index contributed by atoms with van der Waals surface area (Å²) in [4.78, 5) is 0. The molecule has 0 radical (unpaired) electrons. The Bertz CT molecular complexity index is 458. The smallest absolute Gasteiger partial charge is 0.0685 e. The number of likely N-dealkylation sites (N-methyl/N-ethyl adjacent to an activating group) is 1. The minimum Gasteiger partial charge on any atom is -0.375 e. The summed E-state index contributed by atoms with van der Waals surface area (Å²) < 4.78 is 7.29. The van der Waals surface area contributed by atoms with Crippen LogP contribution in [-0.4, -0.2) is 25.3 Å². The maximum absolute atomic E-state index is 6.06. The number of nitrogens with one attached hydrogen (secondary N) is 1. The molecule has 110 valence electrons. The largest absolute Gasteiger partial charge is 0.375 e. The summed E-state index contributed by atoms with van der Waals surface area (Å²) in [6.07, 6.45) is 7.42. The molecule has 3 heteroatoms. The van der Waals surface area contributed by atoms with Crippen molar-refractivity contribution in [3.63, 3.8) is 0 Å². The lowest BCUT2D eigenvalue weighted by atomic mass is 9.70. The minimum absolute atomic E-state index is 0.242. The van der Waals surface area contributed by atoms with Gasteiger partial charge in [0, 0.05) is 17.1 Å². The Labute approximate surface area is 130 Å². The lowest BCUT2D eigenvalue weighted by Gasteiger charge is -2.48. The SMILES string of the molecule is CNC(Cc1ccccc1Br)C1CCOC2(CCC2)C1. The Morgan fingerprint density at radius 1 is 1.40 bits per heavy atom. The van der Waals surface area contributed by atoms with E-state index in [1.165, 1.54) is 42.1 Å². The molecule has 2 nitrogen and oxygen atoms in total. The fourth-order valence-corrected chi connectivity index (χ4v) is 4.18. The second-order valence-electron chi connectivity index (χ2n) is 6.33. The van der Waals surface area contributed by atoms with Gasteiger partial charge in [0.15, 0.2) is 0 Å². The van der Waals surface area contributed by atoms with Gasteiger partial charge in [0.1, 0.15) is 0 Å². The number of ether oxygens (including phenoxy) is 1. The molecule has 2 aliphatic rings. The van der Waals surface area contributed by atoms with E-state index in [0.717, 1.165) is 18.9 Å². The highest BCUT2D eigenvalue weighted by atomic mass is 79.9. The van der Waals surface area contributed by atoms with Gasteiger partial charge >= 0.3 is 0 Å². The second-order valence-corrected chi connectivity index (χ2v) is 7.18. The molecule has 1 aliphatic heterocycles. The molecule has 2 unspecified atom stereocenters. The van der Waals surface area contributed by atoms with Crippen LogP contribution in [0.3, 0.4) is 0 Å². The Morgan fingerprint density at radius 3 is 2.85 bits per heavy atom. The van der Waals surface area contributed by atoms with Crippen LogP contribution in [0.4, 0.5) is 0 Å². The molecule has 2 atom stereocenters. The van der Waals surface area contributed by atoms with Crippen molar-refractivity contribution in [2.75, 3.05) is 13.7 Å². The number of rotatable bonds is 4. The quantitative estimate of drug-likeness (QED) is 0.898. The lowest BCUT2D eigenvalue weighted by molar-refractivity contribution is -0.146. The Kier molecular flexibility index (Phi) is 4.49. The molecular formula is C17H24BrNO. The first-order valence-electron chi connectivity index (χ1n) is 7.77. The van der Waals surface area contributed by atoms with Crippen molar-refractivity contribution in [3.05, 3.63) is 34.3 Å². The standard InChI is InChI=1S/C17H24BrNO/c1-19-16(11-13-5-2-3-6-15(13)18)14-7-10-20-17(12-14)8-4-9-17/h2-3,5-6,14,16,19H,4,7-12H2,1H3. The predicted molar refractivity (Wildman–Crippen MR) is 86.0 cm³/mol. The van der Waals surface area contributed by atoms with Crippen molar-refractivity contribution in [2.45, 2.75) is 50.2 Å². The number of hydrogen-bond acceptors (Lipinski definition) is 2. The van der Waals surface area contributed by atoms with Crippen LogP contribution in [0.25, 0.3) is 0 Å². The van der Waals surface area contributed by atoms with Crippen molar-refractivity contribution >= 4 is 15.9 Å². The minimum atomic E-state index is 0.242. The van der Waals surface area contributed by atoms with Crippen molar-refractivity contribution in [1.82, 2.24) is 5.32 Å². The van der Waals surface area contributed by atoms with Gasteiger partial charge < -0.3 is 10.1 Å². The first-order valence-corrected chi connectivity index (χ1v) is 8.56. The van der Waals surface area contributed by atoms with Crippen LogP contribution in [0, 0.1) is 5.92 Å². The van der Waals surface area contributed by atoms with Crippen LogP contribution in [0.1, 0.15) is 37.7 Å². The highest BCUT2D eigenvalue weighted by Gasteiger charge is 2.44. The van der Waals surface area contributed by atoms with Gasteiger partial charge in [-0.15, -0.1) is 0 Å². The van der Waals surface area contributed by atoms with Crippen LogP contribution >= 0.6 is 15.9 Å². The maximum atomic E-state index is 6.06. The monoisotopic (exact) mass is 337 g/mol. The van der Waals surface area contributed by atoms with Crippen LogP contribution in [0.2, 0.25) is 0 Å². The van der Waals surface area contributed by atoms with Gasteiger partial charge in [0.05, 0.1) is 5.60 Å². The van der Waals surface area contributed by atoms with E-state index < -0.39 is 0 Å². The summed E-state index contributed by atoms with van der Waals surface area (Å²) in [7, 11) is 2.10. The summed E-state index contributed by atoms with van der Waals surface area (Å²) in [5.74, 6) is 0.737. The van der Waals surface area contributed by atoms with Gasteiger partial charge in [0.2, 0.25) is 0 Å². The van der Waals surface area contributed by atoms with E-state index in [-0.39, 0.29) is 5.60 Å². The van der Waals surface area contributed by atoms with Gasteiger partial charge in [0.25, 0.3) is 0 Å². The highest BCUT2D eigenvalue weighted by molar-refractivity contribution is 9.10. The van der Waals surface area contributed by atoms with E-state index in [9.17, 15) is 0 Å². The van der Waals surface area contributed by atoms with Crippen LogP contribution in [-0.2, 0) is 11.2 Å². The van der Waals surface area contributed by atoms with E-state index in [0.29, 0.717) is 6.04 Å². The van der Waals surface area contributed by atoms with Crippen LogP contribution < -0.4 is 5.32 Å². The Morgan fingerprint density at radius 2 is 2.20 bits per heavy atom. The molecule has 1 aromatic carbocycles. The predicted octanol–water partition coefficient (Wildman–Crippen LogP) is 3.93. The van der Waals surface area contributed by atoms with Crippen molar-refractivity contribution in [3.8, 4) is 0 Å². The van der Waals surface area contributed by atoms with Gasteiger partial charge in [-0.3, -0.25) is 0 Å². The van der Waals surface area contributed by atoms with Crippen LogP contribution in [0.15, 0.2) is 28.7 Å². The number of benzene rings is 1. The molecule has 1 aliphatic carbocycles. The molecule has 0 amide bonds. The second kappa shape index (κ2) is 6.17. The molecule has 1 saturated heterocycles. The summed E-state index contributed by atoms with van der Waals surface area (Å²) in [5.41, 5.74) is 1.65. The average Bonchev–Trinajstić information content (AvgIpc) is 2.45.